The molecule has 6 heteroatoms. The molecule has 0 N–H and O–H groups in total. The molecule has 0 aromatic heterocycles. The summed E-state index contributed by atoms with van der Waals surface area (Å²) in [6.45, 7) is 5.83. The Balaban J connectivity index is 4.48. The molecule has 15 heavy (non-hydrogen) atoms. The van der Waals surface area contributed by atoms with Crippen molar-refractivity contribution in [1.82, 2.24) is 0 Å². The van der Waals surface area contributed by atoms with Crippen LogP contribution in [-0.2, 0) is 18.1 Å². The third-order valence-corrected chi connectivity index (χ3v) is 4.39. The lowest BCUT2D eigenvalue weighted by Crippen LogP contribution is -2.53. The van der Waals surface area contributed by atoms with Crippen molar-refractivity contribution in [3.63, 3.8) is 0 Å². The van der Waals surface area contributed by atoms with Gasteiger partial charge in [0.1, 0.15) is 0 Å². The largest absolute Gasteiger partial charge is 0.574 e. The standard InChI is InChI=1S/C9H17NO4Si/c1-4-12-15(9(3)11,13-5-2)14-8-6-7-10/h4-6,8H2,1-3H3. The minimum atomic E-state index is -3.20. The molecule has 0 aromatic rings. The molecule has 86 valence electrons. The van der Waals surface area contributed by atoms with E-state index in [1.165, 1.54) is 6.92 Å². The Kier molecular flexibility index (Phi) is 7.16. The summed E-state index contributed by atoms with van der Waals surface area (Å²) in [7, 11) is -3.20. The van der Waals surface area contributed by atoms with Crippen molar-refractivity contribution in [2.45, 2.75) is 27.2 Å². The Hall–Kier alpha value is -0.743. The predicted octanol–water partition coefficient (Wildman–Crippen LogP) is 1.06. The van der Waals surface area contributed by atoms with Gasteiger partial charge in [-0.05, 0) is 20.8 Å². The molecule has 0 unspecified atom stereocenters. The van der Waals surface area contributed by atoms with Gasteiger partial charge in [-0.25, -0.2) is 0 Å². The maximum atomic E-state index is 11.4. The Morgan fingerprint density at radius 1 is 1.27 bits per heavy atom. The van der Waals surface area contributed by atoms with E-state index >= 15 is 0 Å². The summed E-state index contributed by atoms with van der Waals surface area (Å²) in [6.07, 6.45) is 0.224. The molecule has 0 rings (SSSR count). The van der Waals surface area contributed by atoms with Gasteiger partial charge in [-0.1, -0.05) is 0 Å². The van der Waals surface area contributed by atoms with Crippen LogP contribution in [0.5, 0.6) is 0 Å². The molecule has 0 fully saturated rings. The van der Waals surface area contributed by atoms with Gasteiger partial charge in [-0.15, -0.1) is 0 Å². The van der Waals surface area contributed by atoms with Crippen LogP contribution in [0.3, 0.4) is 0 Å². The van der Waals surface area contributed by atoms with Crippen LogP contribution in [-0.4, -0.2) is 34.0 Å². The number of rotatable bonds is 8. The lowest BCUT2D eigenvalue weighted by atomic mass is 10.5. The van der Waals surface area contributed by atoms with Crippen LogP contribution in [0.4, 0.5) is 0 Å². The zero-order valence-electron chi connectivity index (χ0n) is 9.41. The van der Waals surface area contributed by atoms with Crippen LogP contribution in [0.2, 0.25) is 0 Å². The molecule has 0 aromatic carbocycles. The zero-order chi connectivity index (χ0) is 11.7. The second-order valence-electron chi connectivity index (χ2n) is 2.73. The number of carbonyl (C=O) groups excluding carboxylic acids is 1. The van der Waals surface area contributed by atoms with Crippen molar-refractivity contribution in [2.24, 2.45) is 0 Å². The molecule has 0 saturated carbocycles. The fourth-order valence-corrected chi connectivity index (χ4v) is 3.03. The topological polar surface area (TPSA) is 68.6 Å². The Morgan fingerprint density at radius 2 is 1.80 bits per heavy atom. The van der Waals surface area contributed by atoms with Crippen molar-refractivity contribution in [2.75, 3.05) is 19.8 Å². The summed E-state index contributed by atoms with van der Waals surface area (Å²) >= 11 is 0. The van der Waals surface area contributed by atoms with Crippen LogP contribution in [0.15, 0.2) is 0 Å². The highest BCUT2D eigenvalue weighted by Gasteiger charge is 2.47. The summed E-state index contributed by atoms with van der Waals surface area (Å²) in [5.74, 6) is 0. The quantitative estimate of drug-likeness (QED) is 0.461. The minimum absolute atomic E-state index is 0.169. The molecule has 0 bridgehead atoms. The number of hydrogen-bond acceptors (Lipinski definition) is 5. The van der Waals surface area contributed by atoms with Crippen molar-refractivity contribution >= 4 is 14.2 Å². The second-order valence-corrected chi connectivity index (χ2v) is 5.42. The van der Waals surface area contributed by atoms with Gasteiger partial charge in [0.2, 0.25) is 0 Å². The molecule has 0 aliphatic heterocycles. The number of nitrogens with zero attached hydrogens (tertiary/aromatic N) is 1. The number of nitriles is 1. The van der Waals surface area contributed by atoms with Gasteiger partial charge in [0.15, 0.2) is 5.41 Å². The average Bonchev–Trinajstić information content (AvgIpc) is 2.18. The fraction of sp³-hybridized carbons (Fsp3) is 0.778. The Labute approximate surface area is 91.3 Å². The van der Waals surface area contributed by atoms with E-state index in [1.54, 1.807) is 13.8 Å². The average molecular weight is 231 g/mol. The predicted molar refractivity (Wildman–Crippen MR) is 55.9 cm³/mol. The highest BCUT2D eigenvalue weighted by molar-refractivity contribution is 6.92. The lowest BCUT2D eigenvalue weighted by Gasteiger charge is -2.25. The highest BCUT2D eigenvalue weighted by Crippen LogP contribution is 2.11. The molecule has 0 saturated heterocycles. The van der Waals surface area contributed by atoms with E-state index in [9.17, 15) is 4.79 Å². The molecule has 0 spiro atoms. The van der Waals surface area contributed by atoms with E-state index in [2.05, 4.69) is 0 Å². The summed E-state index contributed by atoms with van der Waals surface area (Å²) in [5.41, 5.74) is 0. The van der Waals surface area contributed by atoms with Gasteiger partial charge < -0.3 is 13.3 Å². The Bertz CT molecular complexity index is 233. The van der Waals surface area contributed by atoms with Crippen LogP contribution in [0, 0.1) is 11.3 Å². The van der Waals surface area contributed by atoms with E-state index in [0.29, 0.717) is 13.2 Å². The number of hydrogen-bond donors (Lipinski definition) is 0. The molecule has 5 nitrogen and oxygen atoms in total. The van der Waals surface area contributed by atoms with E-state index in [-0.39, 0.29) is 18.4 Å². The maximum absolute atomic E-state index is 11.4. The molecule has 0 radical (unpaired) electrons. The van der Waals surface area contributed by atoms with Gasteiger partial charge in [0.25, 0.3) is 0 Å². The monoisotopic (exact) mass is 231 g/mol. The van der Waals surface area contributed by atoms with E-state index < -0.39 is 8.80 Å². The third-order valence-electron chi connectivity index (χ3n) is 1.61. The smallest absolute Gasteiger partial charge is 0.369 e. The van der Waals surface area contributed by atoms with Gasteiger partial charge in [0.05, 0.1) is 19.1 Å². The SMILES string of the molecule is CCO[Si](OCC)(OCCC#N)C(C)=O. The first-order chi connectivity index (χ1) is 7.13. The first-order valence-corrected chi connectivity index (χ1v) is 6.65. The van der Waals surface area contributed by atoms with Gasteiger partial charge in [-0.3, -0.25) is 4.79 Å². The summed E-state index contributed by atoms with van der Waals surface area (Å²) in [6, 6.07) is 1.94. The molecule has 0 heterocycles. The molecule has 0 amide bonds. The lowest BCUT2D eigenvalue weighted by molar-refractivity contribution is -0.117. The van der Waals surface area contributed by atoms with E-state index in [1.807, 2.05) is 6.07 Å². The molecule has 0 aliphatic rings. The van der Waals surface area contributed by atoms with Crippen molar-refractivity contribution in [3.05, 3.63) is 0 Å². The van der Waals surface area contributed by atoms with Crippen molar-refractivity contribution in [1.29, 1.82) is 5.26 Å². The van der Waals surface area contributed by atoms with Crippen LogP contribution in [0.1, 0.15) is 27.2 Å². The molecule has 0 aliphatic carbocycles. The van der Waals surface area contributed by atoms with E-state index in [0.717, 1.165) is 0 Å². The summed E-state index contributed by atoms with van der Waals surface area (Å²) < 4.78 is 16.0. The zero-order valence-corrected chi connectivity index (χ0v) is 10.4. The number of carbonyl (C=O) groups is 1. The Morgan fingerprint density at radius 3 is 2.13 bits per heavy atom. The van der Waals surface area contributed by atoms with Gasteiger partial charge in [0, 0.05) is 13.2 Å². The summed E-state index contributed by atoms with van der Waals surface area (Å²) in [5, 5.41) is 8.16. The molecular formula is C9H17NO4Si. The normalized spacial score (nSPS) is 11.1. The maximum Gasteiger partial charge on any atom is 0.574 e. The van der Waals surface area contributed by atoms with Crippen LogP contribution >= 0.6 is 0 Å². The van der Waals surface area contributed by atoms with E-state index in [4.69, 9.17) is 18.5 Å². The second kappa shape index (κ2) is 7.54. The minimum Gasteiger partial charge on any atom is -0.369 e. The summed E-state index contributed by atoms with van der Waals surface area (Å²) in [4.78, 5) is 11.4. The first-order valence-electron chi connectivity index (χ1n) is 4.92. The molecule has 0 atom stereocenters. The van der Waals surface area contributed by atoms with Crippen molar-refractivity contribution in [3.8, 4) is 6.07 Å². The third kappa shape index (κ3) is 4.53. The highest BCUT2D eigenvalue weighted by atomic mass is 28.4. The van der Waals surface area contributed by atoms with Crippen LogP contribution in [0.25, 0.3) is 0 Å². The first kappa shape index (κ1) is 14.3. The van der Waals surface area contributed by atoms with Crippen LogP contribution < -0.4 is 0 Å². The van der Waals surface area contributed by atoms with Crippen molar-refractivity contribution < 1.29 is 18.1 Å². The molecular weight excluding hydrogens is 214 g/mol. The van der Waals surface area contributed by atoms with Gasteiger partial charge >= 0.3 is 8.80 Å². The fourth-order valence-electron chi connectivity index (χ4n) is 1.04. The van der Waals surface area contributed by atoms with Gasteiger partial charge in [-0.2, -0.15) is 5.26 Å².